The number of sulfonamides is 1. The van der Waals surface area contributed by atoms with Crippen LogP contribution < -0.4 is 10.1 Å². The van der Waals surface area contributed by atoms with Crippen molar-refractivity contribution in [3.05, 3.63) is 46.7 Å². The first-order valence-corrected chi connectivity index (χ1v) is 12.9. The first kappa shape index (κ1) is 24.2. The zero-order chi connectivity index (χ0) is 23.3. The van der Waals surface area contributed by atoms with Crippen LogP contribution in [-0.2, 0) is 14.8 Å². The number of nitrogens with zero attached hydrogens (tertiary/aromatic N) is 2. The summed E-state index contributed by atoms with van der Waals surface area (Å²) in [6, 6.07) is 9.18. The molecule has 1 aliphatic rings. The Kier molecular flexibility index (Phi) is 7.91. The fraction of sp³-hybridized carbons (Fsp3) is 0.455. The summed E-state index contributed by atoms with van der Waals surface area (Å²) in [6.07, 6.45) is 0. The molecular formula is C22H29N3O5S2. The summed E-state index contributed by atoms with van der Waals surface area (Å²) in [6.45, 7) is 7.07. The molecule has 1 aliphatic heterocycles. The molecule has 1 aromatic heterocycles. The topological polar surface area (TPSA) is 96.0 Å². The largest absolute Gasteiger partial charge is 0.494 e. The maximum Gasteiger partial charge on any atom is 0.262 e. The smallest absolute Gasteiger partial charge is 0.262 e. The number of rotatable bonds is 8. The van der Waals surface area contributed by atoms with E-state index in [1.165, 1.54) is 27.8 Å². The van der Waals surface area contributed by atoms with Crippen LogP contribution in [0.4, 0.5) is 0 Å². The van der Waals surface area contributed by atoms with E-state index >= 15 is 0 Å². The van der Waals surface area contributed by atoms with Gasteiger partial charge in [0.1, 0.15) is 11.8 Å². The Hall–Kier alpha value is -2.43. The van der Waals surface area contributed by atoms with E-state index < -0.39 is 16.1 Å². The Labute approximate surface area is 193 Å². The summed E-state index contributed by atoms with van der Waals surface area (Å²) in [5, 5.41) is 4.65. The summed E-state index contributed by atoms with van der Waals surface area (Å²) >= 11 is 1.32. The summed E-state index contributed by atoms with van der Waals surface area (Å²) in [5.74, 6) is 0.0509. The number of carbonyl (C=O) groups excluding carboxylic acids is 2. The Morgan fingerprint density at radius 2 is 1.75 bits per heavy atom. The molecule has 1 fully saturated rings. The molecule has 3 rings (SSSR count). The number of hydrogen-bond acceptors (Lipinski definition) is 6. The standard InChI is InChI=1S/C22H29N3O5S2/c1-4-30-17-7-9-18(10-8-17)32(28,29)25-13-11-24(12-14-25)22(27)20(16(2)3)23-21(26)19-6-5-15-31-19/h5-10,15-16,20H,4,11-14H2,1-3H3,(H,23,26). The quantitative estimate of drug-likeness (QED) is 0.627. The van der Waals surface area contributed by atoms with E-state index in [1.54, 1.807) is 29.2 Å². The predicted molar refractivity (Wildman–Crippen MR) is 123 cm³/mol. The van der Waals surface area contributed by atoms with Gasteiger partial charge < -0.3 is 15.0 Å². The second kappa shape index (κ2) is 10.5. The molecule has 10 heteroatoms. The van der Waals surface area contributed by atoms with Gasteiger partial charge in [-0.2, -0.15) is 4.31 Å². The van der Waals surface area contributed by atoms with Crippen molar-refractivity contribution < 1.29 is 22.7 Å². The van der Waals surface area contributed by atoms with Gasteiger partial charge in [-0.3, -0.25) is 9.59 Å². The van der Waals surface area contributed by atoms with Gasteiger partial charge in [-0.05, 0) is 48.6 Å². The molecule has 2 amide bonds. The van der Waals surface area contributed by atoms with Crippen LogP contribution in [0, 0.1) is 5.92 Å². The fourth-order valence-electron chi connectivity index (χ4n) is 3.50. The lowest BCUT2D eigenvalue weighted by Gasteiger charge is -2.36. The molecule has 0 spiro atoms. The highest BCUT2D eigenvalue weighted by Crippen LogP contribution is 2.21. The highest BCUT2D eigenvalue weighted by Gasteiger charge is 2.34. The maximum atomic E-state index is 13.1. The van der Waals surface area contributed by atoms with Gasteiger partial charge in [0.15, 0.2) is 0 Å². The first-order valence-electron chi connectivity index (χ1n) is 10.6. The van der Waals surface area contributed by atoms with Crippen molar-refractivity contribution in [3.8, 4) is 5.75 Å². The normalized spacial score (nSPS) is 16.1. The van der Waals surface area contributed by atoms with E-state index in [9.17, 15) is 18.0 Å². The van der Waals surface area contributed by atoms with Gasteiger partial charge >= 0.3 is 0 Å². The number of piperazine rings is 1. The molecule has 32 heavy (non-hydrogen) atoms. The van der Waals surface area contributed by atoms with Gasteiger partial charge in [0, 0.05) is 26.2 Å². The van der Waals surface area contributed by atoms with E-state index in [0.717, 1.165) is 0 Å². The summed E-state index contributed by atoms with van der Waals surface area (Å²) in [5.41, 5.74) is 0. The SMILES string of the molecule is CCOc1ccc(S(=O)(=O)N2CCN(C(=O)C(NC(=O)c3cccs3)C(C)C)CC2)cc1. The zero-order valence-electron chi connectivity index (χ0n) is 18.5. The first-order chi connectivity index (χ1) is 15.2. The van der Waals surface area contributed by atoms with Crippen LogP contribution in [-0.4, -0.2) is 68.3 Å². The van der Waals surface area contributed by atoms with Crippen molar-refractivity contribution in [3.63, 3.8) is 0 Å². The third-order valence-electron chi connectivity index (χ3n) is 5.29. The monoisotopic (exact) mass is 479 g/mol. The van der Waals surface area contributed by atoms with Crippen LogP contribution in [0.1, 0.15) is 30.4 Å². The minimum atomic E-state index is -3.66. The molecule has 0 radical (unpaired) electrons. The van der Waals surface area contributed by atoms with E-state index in [0.29, 0.717) is 17.2 Å². The molecule has 1 atom stereocenters. The highest BCUT2D eigenvalue weighted by atomic mass is 32.2. The predicted octanol–water partition coefficient (Wildman–Crippen LogP) is 2.43. The average molecular weight is 480 g/mol. The second-order valence-corrected chi connectivity index (χ2v) is 10.7. The number of amides is 2. The number of hydrogen-bond donors (Lipinski definition) is 1. The summed E-state index contributed by atoms with van der Waals surface area (Å²) in [7, 11) is -3.66. The van der Waals surface area contributed by atoms with Gasteiger partial charge in [-0.1, -0.05) is 19.9 Å². The molecule has 2 heterocycles. The fourth-order valence-corrected chi connectivity index (χ4v) is 5.55. The van der Waals surface area contributed by atoms with E-state index in [4.69, 9.17) is 4.74 Å². The molecule has 0 aliphatic carbocycles. The van der Waals surface area contributed by atoms with Crippen molar-refractivity contribution in [1.82, 2.24) is 14.5 Å². The Balaban J connectivity index is 1.63. The van der Waals surface area contributed by atoms with E-state index in [1.807, 2.05) is 26.2 Å². The molecule has 8 nitrogen and oxygen atoms in total. The van der Waals surface area contributed by atoms with Crippen molar-refractivity contribution in [2.75, 3.05) is 32.8 Å². The lowest BCUT2D eigenvalue weighted by molar-refractivity contribution is -0.135. The third kappa shape index (κ3) is 5.48. The molecule has 1 saturated heterocycles. The lowest BCUT2D eigenvalue weighted by atomic mass is 10.0. The van der Waals surface area contributed by atoms with E-state index in [-0.39, 0.29) is 48.8 Å². The van der Waals surface area contributed by atoms with Gasteiger partial charge in [-0.15, -0.1) is 11.3 Å². The van der Waals surface area contributed by atoms with Crippen molar-refractivity contribution >= 4 is 33.2 Å². The number of benzene rings is 1. The molecular weight excluding hydrogens is 450 g/mol. The van der Waals surface area contributed by atoms with Crippen molar-refractivity contribution in [2.24, 2.45) is 5.92 Å². The van der Waals surface area contributed by atoms with Crippen LogP contribution in [0.5, 0.6) is 5.75 Å². The highest BCUT2D eigenvalue weighted by molar-refractivity contribution is 7.89. The Morgan fingerprint density at radius 1 is 1.09 bits per heavy atom. The Bertz CT molecular complexity index is 1010. The Morgan fingerprint density at radius 3 is 2.28 bits per heavy atom. The van der Waals surface area contributed by atoms with Crippen LogP contribution in [0.25, 0.3) is 0 Å². The minimum Gasteiger partial charge on any atom is -0.494 e. The lowest BCUT2D eigenvalue weighted by Crippen LogP contribution is -2.57. The van der Waals surface area contributed by atoms with Crippen LogP contribution in [0.15, 0.2) is 46.7 Å². The molecule has 1 N–H and O–H groups in total. The van der Waals surface area contributed by atoms with Gasteiger partial charge in [0.25, 0.3) is 5.91 Å². The van der Waals surface area contributed by atoms with Crippen molar-refractivity contribution in [1.29, 1.82) is 0 Å². The minimum absolute atomic E-state index is 0.1000. The number of nitrogens with one attached hydrogen (secondary N) is 1. The third-order valence-corrected chi connectivity index (χ3v) is 8.07. The van der Waals surface area contributed by atoms with Crippen LogP contribution in [0.2, 0.25) is 0 Å². The molecule has 1 unspecified atom stereocenters. The molecule has 1 aromatic carbocycles. The van der Waals surface area contributed by atoms with Crippen molar-refractivity contribution in [2.45, 2.75) is 31.7 Å². The maximum absolute atomic E-state index is 13.1. The van der Waals surface area contributed by atoms with E-state index in [2.05, 4.69) is 5.32 Å². The van der Waals surface area contributed by atoms with Gasteiger partial charge in [0.05, 0.1) is 16.4 Å². The number of ether oxygens (including phenoxy) is 1. The molecule has 0 saturated carbocycles. The molecule has 2 aromatic rings. The second-order valence-electron chi connectivity index (χ2n) is 7.81. The van der Waals surface area contributed by atoms with Crippen LogP contribution in [0.3, 0.4) is 0 Å². The van der Waals surface area contributed by atoms with Gasteiger partial charge in [-0.25, -0.2) is 8.42 Å². The van der Waals surface area contributed by atoms with Gasteiger partial charge in [0.2, 0.25) is 15.9 Å². The zero-order valence-corrected chi connectivity index (χ0v) is 20.1. The number of carbonyl (C=O) groups is 2. The molecule has 0 bridgehead atoms. The average Bonchev–Trinajstić information content (AvgIpc) is 3.32. The number of thiophene rings is 1. The van der Waals surface area contributed by atoms with Crippen LogP contribution >= 0.6 is 11.3 Å². The summed E-state index contributed by atoms with van der Waals surface area (Å²) in [4.78, 5) is 27.9. The summed E-state index contributed by atoms with van der Waals surface area (Å²) < 4.78 is 32.7. The molecule has 174 valence electrons.